The Morgan fingerprint density at radius 2 is 1.92 bits per heavy atom. The third-order valence-electron chi connectivity index (χ3n) is 6.31. The van der Waals surface area contributed by atoms with Gasteiger partial charge in [0.25, 0.3) is 0 Å². The van der Waals surface area contributed by atoms with E-state index in [0.29, 0.717) is 12.2 Å². The molecule has 6 nitrogen and oxygen atoms in total. The van der Waals surface area contributed by atoms with Gasteiger partial charge in [-0.3, -0.25) is 4.79 Å². The van der Waals surface area contributed by atoms with E-state index in [1.165, 1.54) is 38.4 Å². The summed E-state index contributed by atoms with van der Waals surface area (Å²) in [4.78, 5) is 12.6. The van der Waals surface area contributed by atoms with Gasteiger partial charge in [0.2, 0.25) is 0 Å². The number of carbonyl (C=O) groups excluding carboxylic acids is 1. The van der Waals surface area contributed by atoms with Crippen LogP contribution in [0.3, 0.4) is 0 Å². The van der Waals surface area contributed by atoms with Crippen LogP contribution in [0.4, 0.5) is 0 Å². The fourth-order valence-corrected chi connectivity index (χ4v) is 7.47. The van der Waals surface area contributed by atoms with E-state index in [1.807, 2.05) is 12.1 Å². The monoisotopic (exact) mass is 416 g/mol. The van der Waals surface area contributed by atoms with E-state index in [2.05, 4.69) is 31.5 Å². The minimum atomic E-state index is -0.113. The summed E-state index contributed by atoms with van der Waals surface area (Å²) < 4.78 is 7.48. The molecule has 0 aliphatic heterocycles. The van der Waals surface area contributed by atoms with Crippen LogP contribution >= 0.6 is 15.9 Å². The van der Waals surface area contributed by atoms with Crippen LogP contribution in [-0.4, -0.2) is 30.5 Å². The van der Waals surface area contributed by atoms with Crippen molar-refractivity contribution in [2.45, 2.75) is 49.3 Å². The topological polar surface area (TPSA) is 69.9 Å². The van der Waals surface area contributed by atoms with Crippen molar-refractivity contribution >= 4 is 21.9 Å². The van der Waals surface area contributed by atoms with Gasteiger partial charge in [0.15, 0.2) is 0 Å². The molecule has 0 saturated heterocycles. The number of halogens is 1. The summed E-state index contributed by atoms with van der Waals surface area (Å²) in [5.41, 5.74) is 0.967. The SMILES string of the molecule is O=C(CC12CC3CC(CC(Br)(C3)C1)C2)Oc1ccc(-n2cnnn2)cc1. The second-order valence-electron chi connectivity index (χ2n) is 8.51. The summed E-state index contributed by atoms with van der Waals surface area (Å²) in [6, 6.07) is 7.27. The second-order valence-corrected chi connectivity index (χ2v) is 10.2. The molecule has 2 aromatic rings. The van der Waals surface area contributed by atoms with Gasteiger partial charge in [0.05, 0.1) is 12.1 Å². The van der Waals surface area contributed by atoms with E-state index in [-0.39, 0.29) is 15.7 Å². The number of nitrogens with zero attached hydrogens (tertiary/aromatic N) is 4. The molecular formula is C19H21BrN4O2. The summed E-state index contributed by atoms with van der Waals surface area (Å²) in [7, 11) is 0. The molecule has 0 amide bonds. The maximum absolute atomic E-state index is 12.6. The van der Waals surface area contributed by atoms with Crippen molar-refractivity contribution in [1.82, 2.24) is 20.2 Å². The molecule has 4 saturated carbocycles. The second kappa shape index (κ2) is 5.87. The van der Waals surface area contributed by atoms with Crippen molar-refractivity contribution in [2.24, 2.45) is 17.3 Å². The smallest absolute Gasteiger partial charge is 0.311 e. The van der Waals surface area contributed by atoms with Crippen LogP contribution in [0.25, 0.3) is 5.69 Å². The molecule has 0 N–H and O–H groups in total. The Labute approximate surface area is 160 Å². The molecule has 4 aliphatic carbocycles. The molecule has 0 radical (unpaired) electrons. The van der Waals surface area contributed by atoms with Crippen LogP contribution in [0.2, 0.25) is 0 Å². The average Bonchev–Trinajstić information content (AvgIpc) is 3.07. The van der Waals surface area contributed by atoms with Crippen LogP contribution in [0, 0.1) is 17.3 Å². The van der Waals surface area contributed by atoms with E-state index in [4.69, 9.17) is 4.74 Å². The number of tetrazole rings is 1. The molecular weight excluding hydrogens is 396 g/mol. The summed E-state index contributed by atoms with van der Waals surface area (Å²) in [6.07, 6.45) is 9.45. The Kier molecular flexibility index (Phi) is 3.71. The van der Waals surface area contributed by atoms with Gasteiger partial charge in [0, 0.05) is 4.32 Å². The Morgan fingerprint density at radius 3 is 2.54 bits per heavy atom. The summed E-state index contributed by atoms with van der Waals surface area (Å²) >= 11 is 4.01. The number of aromatic nitrogens is 4. The maximum atomic E-state index is 12.6. The minimum Gasteiger partial charge on any atom is -0.427 e. The van der Waals surface area contributed by atoms with Crippen LogP contribution in [0.1, 0.15) is 44.9 Å². The van der Waals surface area contributed by atoms with Crippen molar-refractivity contribution in [3.05, 3.63) is 30.6 Å². The molecule has 2 unspecified atom stereocenters. The van der Waals surface area contributed by atoms with Gasteiger partial charge < -0.3 is 4.74 Å². The lowest BCUT2D eigenvalue weighted by Crippen LogP contribution is -2.53. The third kappa shape index (κ3) is 2.96. The highest BCUT2D eigenvalue weighted by Gasteiger charge is 2.57. The largest absolute Gasteiger partial charge is 0.427 e. The fraction of sp³-hybridized carbons (Fsp3) is 0.579. The van der Waals surface area contributed by atoms with Crippen LogP contribution in [0.5, 0.6) is 5.75 Å². The maximum Gasteiger partial charge on any atom is 0.311 e. The Bertz CT molecular complexity index is 807. The van der Waals surface area contributed by atoms with Gasteiger partial charge >= 0.3 is 5.97 Å². The number of esters is 1. The van der Waals surface area contributed by atoms with E-state index >= 15 is 0 Å². The first-order valence-electron chi connectivity index (χ1n) is 9.24. The number of benzene rings is 1. The Morgan fingerprint density at radius 1 is 1.19 bits per heavy atom. The minimum absolute atomic E-state index is 0.113. The fourth-order valence-electron chi connectivity index (χ4n) is 5.96. The van der Waals surface area contributed by atoms with Gasteiger partial charge in [-0.1, -0.05) is 15.9 Å². The summed E-state index contributed by atoms with van der Waals surface area (Å²) in [5, 5.41) is 11.1. The lowest BCUT2D eigenvalue weighted by Gasteiger charge is -2.60. The van der Waals surface area contributed by atoms with Crippen molar-refractivity contribution in [1.29, 1.82) is 0 Å². The predicted molar refractivity (Wildman–Crippen MR) is 98.2 cm³/mol. The van der Waals surface area contributed by atoms with Crippen LogP contribution < -0.4 is 4.74 Å². The van der Waals surface area contributed by atoms with Crippen molar-refractivity contribution in [3.8, 4) is 11.4 Å². The highest BCUT2D eigenvalue weighted by atomic mass is 79.9. The van der Waals surface area contributed by atoms with Crippen LogP contribution in [0.15, 0.2) is 30.6 Å². The van der Waals surface area contributed by atoms with Gasteiger partial charge in [-0.15, -0.1) is 5.10 Å². The number of carbonyl (C=O) groups is 1. The van der Waals surface area contributed by atoms with E-state index in [1.54, 1.807) is 16.8 Å². The molecule has 4 bridgehead atoms. The molecule has 0 spiro atoms. The molecule has 6 rings (SSSR count). The summed E-state index contributed by atoms with van der Waals surface area (Å²) in [6.45, 7) is 0. The van der Waals surface area contributed by atoms with E-state index in [0.717, 1.165) is 23.9 Å². The highest BCUT2D eigenvalue weighted by molar-refractivity contribution is 9.10. The molecule has 1 aromatic heterocycles. The number of ether oxygens (including phenoxy) is 1. The molecule has 136 valence electrons. The van der Waals surface area contributed by atoms with Gasteiger partial charge in [-0.05, 0) is 90.5 Å². The lowest BCUT2D eigenvalue weighted by molar-refractivity contribution is -0.141. The van der Waals surface area contributed by atoms with E-state index in [9.17, 15) is 4.79 Å². The van der Waals surface area contributed by atoms with Gasteiger partial charge in [-0.25, -0.2) is 4.68 Å². The molecule has 4 fully saturated rings. The first-order chi connectivity index (χ1) is 12.5. The first kappa shape index (κ1) is 16.4. The van der Waals surface area contributed by atoms with Crippen molar-refractivity contribution in [3.63, 3.8) is 0 Å². The number of hydrogen-bond donors (Lipinski definition) is 0. The molecule has 26 heavy (non-hydrogen) atoms. The average molecular weight is 417 g/mol. The highest BCUT2D eigenvalue weighted by Crippen LogP contribution is 2.65. The predicted octanol–water partition coefficient (Wildman–Crippen LogP) is 3.69. The van der Waals surface area contributed by atoms with E-state index < -0.39 is 0 Å². The van der Waals surface area contributed by atoms with Crippen molar-refractivity contribution in [2.75, 3.05) is 0 Å². The number of hydrogen-bond acceptors (Lipinski definition) is 5. The quantitative estimate of drug-likeness (QED) is 0.431. The molecule has 1 heterocycles. The third-order valence-corrected chi connectivity index (χ3v) is 7.24. The Balaban J connectivity index is 1.26. The zero-order chi connectivity index (χ0) is 17.8. The van der Waals surface area contributed by atoms with Gasteiger partial charge in [-0.2, -0.15) is 0 Å². The standard InChI is InChI=1S/C19H21BrN4O2/c20-19-8-13-5-14(9-19)7-18(6-13,11-19)10-17(25)26-16-3-1-15(2-4-16)24-12-21-22-23-24/h1-4,12-14H,5-11H2. The van der Waals surface area contributed by atoms with Crippen molar-refractivity contribution < 1.29 is 9.53 Å². The Hall–Kier alpha value is -1.76. The first-order valence-corrected chi connectivity index (χ1v) is 10.0. The summed E-state index contributed by atoms with van der Waals surface area (Å²) in [5.74, 6) is 2.02. The molecule has 7 heteroatoms. The molecule has 1 aromatic carbocycles. The zero-order valence-corrected chi connectivity index (χ0v) is 16.1. The van der Waals surface area contributed by atoms with Crippen LogP contribution in [-0.2, 0) is 4.79 Å². The molecule has 2 atom stereocenters. The normalized spacial score (nSPS) is 34.8. The number of alkyl halides is 1. The number of rotatable bonds is 4. The zero-order valence-electron chi connectivity index (χ0n) is 14.5. The lowest BCUT2D eigenvalue weighted by atomic mass is 9.49. The van der Waals surface area contributed by atoms with Gasteiger partial charge in [0.1, 0.15) is 12.1 Å². The molecule has 4 aliphatic rings.